The maximum atomic E-state index is 4.17. The maximum Gasteiger partial charge on any atom is 0.0943 e. The summed E-state index contributed by atoms with van der Waals surface area (Å²) in [4.78, 5) is 19.2. The van der Waals surface area contributed by atoms with Gasteiger partial charge in [-0.2, -0.15) is 0 Å². The summed E-state index contributed by atoms with van der Waals surface area (Å²) in [6, 6.07) is 10.00. The second-order valence-corrected chi connectivity index (χ2v) is 6.62. The molecule has 5 aromatic heterocycles. The largest absolute Gasteiger partial charge is 0.357 e. The van der Waals surface area contributed by atoms with Crippen molar-refractivity contribution in [3.05, 3.63) is 116 Å². The fourth-order valence-corrected chi connectivity index (χ4v) is 2.00. The number of nitrogens with zero attached hydrogens (tertiary/aromatic N) is 8. The molecule has 0 radical (unpaired) electrons. The molecule has 5 rings (SSSR count). The van der Waals surface area contributed by atoms with Crippen molar-refractivity contribution in [3.8, 4) is 0 Å². The number of pyridine rings is 1. The molecule has 0 atom stereocenters. The summed E-state index contributed by atoms with van der Waals surface area (Å²) in [6.07, 6.45) is 21.3. The van der Waals surface area contributed by atoms with Gasteiger partial charge in [-0.15, -0.1) is 0 Å². The van der Waals surface area contributed by atoms with Gasteiger partial charge in [-0.3, -0.25) is 15.0 Å². The minimum absolute atomic E-state index is 0. The van der Waals surface area contributed by atoms with Crippen LogP contribution in [-0.2, 0) is 21.1 Å². The fraction of sp³-hybridized carbons (Fsp3) is 0.269. The van der Waals surface area contributed by atoms with Crippen LogP contribution in [0.15, 0.2) is 105 Å². The Morgan fingerprint density at radius 2 is 0.912 bits per heavy atom. The molecule has 34 heavy (non-hydrogen) atoms. The third kappa shape index (κ3) is 18.7. The molecule has 184 valence electrons. The molecular weight excluding hydrogens is 424 g/mol. The Hall–Kier alpha value is -4.07. The summed E-state index contributed by atoms with van der Waals surface area (Å²) in [6.45, 7) is 3.99. The maximum absolute atomic E-state index is 4.17. The molecule has 0 bridgehead atoms. The SMILES string of the molecule is C.C.Cc1cccc(C)n1.Cn1cccc1.Cn1ccnc1.Cn1ccnc1.c1cnccn1. The van der Waals surface area contributed by atoms with E-state index in [0.29, 0.717) is 0 Å². The van der Waals surface area contributed by atoms with Crippen molar-refractivity contribution in [2.45, 2.75) is 28.7 Å². The van der Waals surface area contributed by atoms with Crippen molar-refractivity contribution >= 4 is 0 Å². The van der Waals surface area contributed by atoms with Gasteiger partial charge < -0.3 is 13.7 Å². The van der Waals surface area contributed by atoms with Crippen LogP contribution < -0.4 is 0 Å². The van der Waals surface area contributed by atoms with E-state index in [4.69, 9.17) is 0 Å². The van der Waals surface area contributed by atoms with E-state index in [1.165, 1.54) is 0 Å². The summed E-state index contributed by atoms with van der Waals surface area (Å²) in [5.41, 5.74) is 2.18. The van der Waals surface area contributed by atoms with Gasteiger partial charge in [0.05, 0.1) is 12.7 Å². The van der Waals surface area contributed by atoms with Gasteiger partial charge in [0.15, 0.2) is 0 Å². The van der Waals surface area contributed by atoms with Crippen LogP contribution in [-0.4, -0.2) is 38.6 Å². The lowest BCUT2D eigenvalue weighted by Gasteiger charge is -1.90. The highest BCUT2D eigenvalue weighted by atomic mass is 15.0. The first kappa shape index (κ1) is 32.1. The van der Waals surface area contributed by atoms with Gasteiger partial charge in [0.2, 0.25) is 0 Å². The predicted molar refractivity (Wildman–Crippen MR) is 141 cm³/mol. The Bertz CT molecular complexity index is 889. The van der Waals surface area contributed by atoms with Gasteiger partial charge in [-0.05, 0) is 38.1 Å². The lowest BCUT2D eigenvalue weighted by Crippen LogP contribution is -1.81. The van der Waals surface area contributed by atoms with Gasteiger partial charge >= 0.3 is 0 Å². The van der Waals surface area contributed by atoms with Crippen molar-refractivity contribution in [3.63, 3.8) is 0 Å². The Morgan fingerprint density at radius 3 is 1.06 bits per heavy atom. The number of aryl methyl sites for hydroxylation is 5. The molecular formula is C26H40N8. The molecule has 0 aliphatic rings. The second-order valence-electron chi connectivity index (χ2n) is 6.62. The quantitative estimate of drug-likeness (QED) is 0.310. The number of aromatic nitrogens is 8. The monoisotopic (exact) mass is 464 g/mol. The van der Waals surface area contributed by atoms with Gasteiger partial charge in [-0.1, -0.05) is 20.9 Å². The minimum Gasteiger partial charge on any atom is -0.357 e. The number of rotatable bonds is 0. The van der Waals surface area contributed by atoms with Gasteiger partial charge in [0, 0.05) is 94.5 Å². The average Bonchev–Trinajstić information content (AvgIpc) is 3.57. The summed E-state index contributed by atoms with van der Waals surface area (Å²) in [7, 11) is 5.88. The third-order valence-corrected chi connectivity index (χ3v) is 3.53. The van der Waals surface area contributed by atoms with Crippen LogP contribution in [0.1, 0.15) is 26.2 Å². The van der Waals surface area contributed by atoms with Gasteiger partial charge in [0.25, 0.3) is 0 Å². The Kier molecular flexibility index (Phi) is 19.7. The molecule has 0 aromatic carbocycles. The first-order chi connectivity index (χ1) is 15.5. The van der Waals surface area contributed by atoms with Crippen LogP contribution in [0.4, 0.5) is 0 Å². The van der Waals surface area contributed by atoms with Crippen molar-refractivity contribution in [1.82, 2.24) is 38.6 Å². The second kappa shape index (κ2) is 20.8. The summed E-state index contributed by atoms with van der Waals surface area (Å²) in [5.74, 6) is 0. The molecule has 0 aliphatic heterocycles. The Morgan fingerprint density at radius 1 is 0.500 bits per heavy atom. The lowest BCUT2D eigenvalue weighted by atomic mass is 10.3. The van der Waals surface area contributed by atoms with Crippen molar-refractivity contribution in [2.24, 2.45) is 21.1 Å². The molecule has 0 aliphatic carbocycles. The van der Waals surface area contributed by atoms with Crippen molar-refractivity contribution in [1.29, 1.82) is 0 Å². The molecule has 8 heteroatoms. The normalized spacial score (nSPS) is 8.26. The first-order valence-electron chi connectivity index (χ1n) is 9.98. The molecule has 0 fully saturated rings. The van der Waals surface area contributed by atoms with Crippen LogP contribution in [0.5, 0.6) is 0 Å². The van der Waals surface area contributed by atoms with E-state index in [1.807, 2.05) is 104 Å². The lowest BCUT2D eigenvalue weighted by molar-refractivity contribution is 0.913. The molecule has 0 amide bonds. The van der Waals surface area contributed by atoms with E-state index in [0.717, 1.165) is 11.4 Å². The zero-order chi connectivity index (χ0) is 23.4. The molecule has 8 nitrogen and oxygen atoms in total. The first-order valence-corrected chi connectivity index (χ1v) is 9.98. The van der Waals surface area contributed by atoms with E-state index in [9.17, 15) is 0 Å². The molecule has 0 saturated heterocycles. The number of hydrogen-bond donors (Lipinski definition) is 0. The highest BCUT2D eigenvalue weighted by molar-refractivity contribution is 5.07. The standard InChI is InChI=1S/C7H9N.C5H7N.2C4H6N2.C4H4N2.2CH4/c1-6-4-3-5-7(2)8-6;1-6-4-2-3-5-6;2*1-6-3-2-5-4-6;1-2-6-4-3-5-1;;/h3-5H,1-2H3;2-5H,1H3;2*2-4H,1H3;1-4H;2*1H4. The smallest absolute Gasteiger partial charge is 0.0943 e. The van der Waals surface area contributed by atoms with Crippen LogP contribution in [0, 0.1) is 13.8 Å². The zero-order valence-corrected chi connectivity index (χ0v) is 19.4. The minimum atomic E-state index is 0. The molecule has 0 unspecified atom stereocenters. The van der Waals surface area contributed by atoms with E-state index in [2.05, 4.69) is 24.9 Å². The molecule has 5 aromatic rings. The number of imidazole rings is 2. The van der Waals surface area contributed by atoms with Crippen LogP contribution in [0.25, 0.3) is 0 Å². The van der Waals surface area contributed by atoms with E-state index in [1.54, 1.807) is 49.8 Å². The highest BCUT2D eigenvalue weighted by Crippen LogP contribution is 1.93. The van der Waals surface area contributed by atoms with Crippen molar-refractivity contribution < 1.29 is 0 Å². The van der Waals surface area contributed by atoms with Crippen molar-refractivity contribution in [2.75, 3.05) is 0 Å². The van der Waals surface area contributed by atoms with Crippen LogP contribution >= 0.6 is 0 Å². The molecule has 0 N–H and O–H groups in total. The molecule has 0 spiro atoms. The summed E-state index contributed by atoms with van der Waals surface area (Å²) < 4.78 is 5.78. The van der Waals surface area contributed by atoms with E-state index in [-0.39, 0.29) is 14.9 Å². The van der Waals surface area contributed by atoms with Gasteiger partial charge in [0.1, 0.15) is 0 Å². The summed E-state index contributed by atoms with van der Waals surface area (Å²) >= 11 is 0. The Balaban J connectivity index is 0. The fourth-order valence-electron chi connectivity index (χ4n) is 2.00. The zero-order valence-electron chi connectivity index (χ0n) is 19.4. The molecule has 0 saturated carbocycles. The van der Waals surface area contributed by atoms with E-state index < -0.39 is 0 Å². The average molecular weight is 465 g/mol. The Labute approximate surface area is 205 Å². The predicted octanol–water partition coefficient (Wildman–Crippen LogP) is 5.31. The summed E-state index contributed by atoms with van der Waals surface area (Å²) in [5, 5.41) is 0. The topological polar surface area (TPSA) is 79.2 Å². The van der Waals surface area contributed by atoms with Crippen LogP contribution in [0.2, 0.25) is 0 Å². The highest BCUT2D eigenvalue weighted by Gasteiger charge is 1.82. The van der Waals surface area contributed by atoms with Gasteiger partial charge in [-0.25, -0.2) is 9.97 Å². The molecule has 5 heterocycles. The van der Waals surface area contributed by atoms with E-state index >= 15 is 0 Å². The van der Waals surface area contributed by atoms with Crippen LogP contribution in [0.3, 0.4) is 0 Å². The number of hydrogen-bond acceptors (Lipinski definition) is 5. The third-order valence-electron chi connectivity index (χ3n) is 3.53.